The van der Waals surface area contributed by atoms with Crippen LogP contribution in [0.4, 0.5) is 4.39 Å². The predicted octanol–water partition coefficient (Wildman–Crippen LogP) is -0.374. The van der Waals surface area contributed by atoms with Crippen LogP contribution < -0.4 is 16.8 Å². The van der Waals surface area contributed by atoms with Crippen LogP contribution in [0.15, 0.2) is 24.3 Å². The van der Waals surface area contributed by atoms with Gasteiger partial charge in [0.15, 0.2) is 6.04 Å². The van der Waals surface area contributed by atoms with Gasteiger partial charge in [0.05, 0.1) is 12.1 Å². The largest absolute Gasteiger partial charge is 0.367 e. The van der Waals surface area contributed by atoms with Crippen LogP contribution in [0.25, 0.3) is 5.69 Å². The highest BCUT2D eigenvalue weighted by molar-refractivity contribution is 6.05. The number of nitrogens with two attached hydrogens (primary N) is 2. The smallest absolute Gasteiger partial charge is 0.249 e. The first kappa shape index (κ1) is 18.1. The molecule has 0 saturated carbocycles. The van der Waals surface area contributed by atoms with Gasteiger partial charge in [0.2, 0.25) is 17.7 Å². The highest BCUT2D eigenvalue weighted by Gasteiger charge is 2.25. The van der Waals surface area contributed by atoms with Crippen LogP contribution in [0.5, 0.6) is 0 Å². The summed E-state index contributed by atoms with van der Waals surface area (Å²) >= 11 is 0. The molecule has 0 aliphatic carbocycles. The number of aryl methyl sites for hydroxylation is 1. The van der Waals surface area contributed by atoms with Gasteiger partial charge >= 0.3 is 0 Å². The van der Waals surface area contributed by atoms with Crippen molar-refractivity contribution in [3.8, 4) is 5.69 Å². The number of amides is 3. The molecule has 1 aromatic carbocycles. The minimum Gasteiger partial charge on any atom is -0.367 e. The second-order valence-electron chi connectivity index (χ2n) is 5.49. The fourth-order valence-electron chi connectivity index (χ4n) is 2.44. The van der Waals surface area contributed by atoms with Crippen molar-refractivity contribution in [2.75, 3.05) is 0 Å². The van der Waals surface area contributed by atoms with Crippen molar-refractivity contribution in [3.63, 3.8) is 0 Å². The molecule has 132 valence electrons. The molecular weight excluding hydrogens is 329 g/mol. The summed E-state index contributed by atoms with van der Waals surface area (Å²) in [4.78, 5) is 34.4. The lowest BCUT2D eigenvalue weighted by Crippen LogP contribution is -2.52. The Balaban J connectivity index is 2.27. The molecule has 0 saturated heterocycles. The number of nitrogens with zero attached hydrogens (tertiary/aromatic N) is 2. The van der Waals surface area contributed by atoms with Crippen LogP contribution in [0, 0.1) is 19.7 Å². The summed E-state index contributed by atoms with van der Waals surface area (Å²) in [6, 6.07) is 4.52. The average molecular weight is 347 g/mol. The van der Waals surface area contributed by atoms with E-state index >= 15 is 0 Å². The zero-order valence-electron chi connectivity index (χ0n) is 13.7. The molecule has 5 N–H and O–H groups in total. The molecule has 0 fully saturated rings. The molecule has 2 aromatic rings. The lowest BCUT2D eigenvalue weighted by Gasteiger charge is -2.12. The molecule has 0 aliphatic heterocycles. The third kappa shape index (κ3) is 3.82. The molecule has 2 rings (SSSR count). The molecule has 8 nitrogen and oxygen atoms in total. The molecule has 25 heavy (non-hydrogen) atoms. The van der Waals surface area contributed by atoms with Gasteiger partial charge in [-0.15, -0.1) is 0 Å². The average Bonchev–Trinajstić information content (AvgIpc) is 2.80. The monoisotopic (exact) mass is 347 g/mol. The van der Waals surface area contributed by atoms with E-state index in [0.29, 0.717) is 17.0 Å². The van der Waals surface area contributed by atoms with Gasteiger partial charge < -0.3 is 16.8 Å². The number of halogens is 1. The number of para-hydroxylation sites is 1. The molecule has 0 aliphatic rings. The number of hydrogen-bond donors (Lipinski definition) is 3. The molecule has 1 heterocycles. The summed E-state index contributed by atoms with van der Waals surface area (Å²) < 4.78 is 15.4. The lowest BCUT2D eigenvalue weighted by molar-refractivity contribution is -0.133. The Morgan fingerprint density at radius 2 is 1.80 bits per heavy atom. The fourth-order valence-corrected chi connectivity index (χ4v) is 2.44. The number of carbonyl (C=O) groups is 3. The first-order valence-electron chi connectivity index (χ1n) is 7.40. The van der Waals surface area contributed by atoms with Gasteiger partial charge in [-0.3, -0.25) is 14.4 Å². The second-order valence-corrected chi connectivity index (χ2v) is 5.49. The van der Waals surface area contributed by atoms with Crippen molar-refractivity contribution in [3.05, 3.63) is 47.0 Å². The van der Waals surface area contributed by atoms with E-state index in [2.05, 4.69) is 10.4 Å². The molecule has 0 radical (unpaired) electrons. The van der Waals surface area contributed by atoms with E-state index in [1.54, 1.807) is 32.0 Å². The lowest BCUT2D eigenvalue weighted by atomic mass is 10.1. The van der Waals surface area contributed by atoms with Crippen molar-refractivity contribution in [2.24, 2.45) is 11.5 Å². The van der Waals surface area contributed by atoms with Crippen molar-refractivity contribution in [1.29, 1.82) is 0 Å². The Kier molecular flexibility index (Phi) is 5.16. The minimum absolute atomic E-state index is 0.164. The quantitative estimate of drug-likeness (QED) is 0.615. The van der Waals surface area contributed by atoms with Gasteiger partial charge in [-0.05, 0) is 26.0 Å². The van der Waals surface area contributed by atoms with Crippen molar-refractivity contribution in [1.82, 2.24) is 15.1 Å². The van der Waals surface area contributed by atoms with Crippen LogP contribution in [0.2, 0.25) is 0 Å². The van der Waals surface area contributed by atoms with Crippen LogP contribution in [0.3, 0.4) is 0 Å². The predicted molar refractivity (Wildman–Crippen MR) is 87.0 cm³/mol. The van der Waals surface area contributed by atoms with E-state index in [0.717, 1.165) is 0 Å². The van der Waals surface area contributed by atoms with Gasteiger partial charge in [-0.2, -0.15) is 5.10 Å². The number of hydrogen-bond acceptors (Lipinski definition) is 4. The molecule has 0 spiro atoms. The summed E-state index contributed by atoms with van der Waals surface area (Å²) in [7, 11) is 0. The summed E-state index contributed by atoms with van der Waals surface area (Å²) in [5.41, 5.74) is 11.9. The van der Waals surface area contributed by atoms with E-state index < -0.39 is 29.6 Å². The first-order chi connectivity index (χ1) is 11.7. The zero-order valence-corrected chi connectivity index (χ0v) is 13.7. The number of carbonyl (C=O) groups excluding carboxylic acids is 3. The van der Waals surface area contributed by atoms with Gasteiger partial charge in [0.25, 0.3) is 0 Å². The van der Waals surface area contributed by atoms with Gasteiger partial charge in [0.1, 0.15) is 11.5 Å². The maximum Gasteiger partial charge on any atom is 0.249 e. The van der Waals surface area contributed by atoms with E-state index in [4.69, 9.17) is 11.5 Å². The normalized spacial score (nSPS) is 10.7. The number of nitrogens with one attached hydrogen (secondary N) is 1. The maximum atomic E-state index is 14.0. The molecule has 9 heteroatoms. The Morgan fingerprint density at radius 3 is 2.36 bits per heavy atom. The Morgan fingerprint density at radius 1 is 1.20 bits per heavy atom. The van der Waals surface area contributed by atoms with Crippen molar-refractivity contribution in [2.45, 2.75) is 26.3 Å². The van der Waals surface area contributed by atoms with Gasteiger partial charge in [0, 0.05) is 11.3 Å². The summed E-state index contributed by atoms with van der Waals surface area (Å²) in [5.74, 6) is -3.17. The van der Waals surface area contributed by atoms with E-state index in [1.807, 2.05) is 0 Å². The maximum absolute atomic E-state index is 14.0. The minimum atomic E-state index is -1.59. The molecular formula is C16H18FN5O3. The van der Waals surface area contributed by atoms with Crippen LogP contribution in [-0.4, -0.2) is 33.5 Å². The molecule has 1 aromatic heterocycles. The van der Waals surface area contributed by atoms with Gasteiger partial charge in [-0.1, -0.05) is 12.1 Å². The molecule has 3 amide bonds. The molecule has 0 atom stereocenters. The van der Waals surface area contributed by atoms with E-state index in [-0.39, 0.29) is 12.1 Å². The number of benzene rings is 1. The Labute approximate surface area is 143 Å². The Hall–Kier alpha value is -3.23. The SMILES string of the molecule is Cc1nn(-c2ccccc2F)c(C)c1CC(=O)NC(C(N)=O)C(N)=O. The highest BCUT2D eigenvalue weighted by atomic mass is 19.1. The van der Waals surface area contributed by atoms with Crippen LogP contribution in [0.1, 0.15) is 17.0 Å². The second kappa shape index (κ2) is 7.12. The zero-order chi connectivity index (χ0) is 18.7. The van der Waals surface area contributed by atoms with Crippen molar-refractivity contribution >= 4 is 17.7 Å². The highest BCUT2D eigenvalue weighted by Crippen LogP contribution is 2.20. The third-order valence-corrected chi connectivity index (χ3v) is 3.73. The molecule has 0 unspecified atom stereocenters. The van der Waals surface area contributed by atoms with Crippen LogP contribution in [-0.2, 0) is 20.8 Å². The molecule has 0 bridgehead atoms. The summed E-state index contributed by atoms with van der Waals surface area (Å²) in [6.45, 7) is 3.36. The van der Waals surface area contributed by atoms with Crippen LogP contribution >= 0.6 is 0 Å². The standard InChI is InChI=1S/C16H18FN5O3/c1-8-10(7-13(23)20-14(15(18)24)16(19)25)9(2)22(21-8)12-6-4-3-5-11(12)17/h3-6,14H,7H2,1-2H3,(H2,18,24)(H2,19,25)(H,20,23). The van der Waals surface area contributed by atoms with Gasteiger partial charge in [-0.25, -0.2) is 9.07 Å². The van der Waals surface area contributed by atoms with E-state index in [9.17, 15) is 18.8 Å². The number of aromatic nitrogens is 2. The first-order valence-corrected chi connectivity index (χ1v) is 7.40. The summed E-state index contributed by atoms with van der Waals surface area (Å²) in [6.07, 6.45) is -0.164. The van der Waals surface area contributed by atoms with E-state index in [1.165, 1.54) is 10.7 Å². The van der Waals surface area contributed by atoms with Crippen molar-refractivity contribution < 1.29 is 18.8 Å². The number of primary amides is 2. The topological polar surface area (TPSA) is 133 Å². The summed E-state index contributed by atoms with van der Waals surface area (Å²) in [5, 5.41) is 6.44. The number of rotatable bonds is 6. The Bertz CT molecular complexity index is 832. The fraction of sp³-hybridized carbons (Fsp3) is 0.250. The third-order valence-electron chi connectivity index (χ3n) is 3.73.